The minimum atomic E-state index is -0.158. The Morgan fingerprint density at radius 1 is 1.33 bits per heavy atom. The van der Waals surface area contributed by atoms with Crippen LogP contribution in [0.2, 0.25) is 0 Å². The molecule has 8 heteroatoms. The number of likely N-dealkylation sites (tertiary alicyclic amines) is 1. The number of aryl methyl sites for hydroxylation is 1. The number of carbonyl (C=O) groups excluding carboxylic acids is 1. The average molecular weight is 507 g/mol. The Morgan fingerprint density at radius 3 is 2.78 bits per heavy atom. The number of thiophene rings is 1. The van der Waals surface area contributed by atoms with Gasteiger partial charge in [0.15, 0.2) is 5.96 Å². The molecule has 1 aliphatic heterocycles. The van der Waals surface area contributed by atoms with Crippen LogP contribution in [0.15, 0.2) is 17.1 Å². The number of rotatable bonds is 9. The second kappa shape index (κ2) is 13.3. The smallest absolute Gasteiger partial charge is 0.221 e. The van der Waals surface area contributed by atoms with Gasteiger partial charge in [0.2, 0.25) is 5.91 Å². The topological polar surface area (TPSA) is 82.8 Å². The van der Waals surface area contributed by atoms with E-state index in [0.29, 0.717) is 6.54 Å². The number of piperidine rings is 1. The van der Waals surface area contributed by atoms with Gasteiger partial charge >= 0.3 is 0 Å². The van der Waals surface area contributed by atoms with Crippen molar-refractivity contribution in [3.8, 4) is 0 Å². The van der Waals surface area contributed by atoms with E-state index in [2.05, 4.69) is 46.5 Å². The lowest BCUT2D eigenvalue weighted by Gasteiger charge is -2.31. The molecule has 0 aromatic carbocycles. The first-order valence-electron chi connectivity index (χ1n) is 9.73. The number of hydrogen-bond acceptors (Lipinski definition) is 4. The molecule has 1 fully saturated rings. The van der Waals surface area contributed by atoms with E-state index in [9.17, 15) is 4.79 Å². The molecule has 2 rings (SSSR count). The van der Waals surface area contributed by atoms with Crippen LogP contribution < -0.4 is 16.4 Å². The Morgan fingerprint density at radius 2 is 2.11 bits per heavy atom. The van der Waals surface area contributed by atoms with Crippen molar-refractivity contribution in [2.45, 2.75) is 46.1 Å². The van der Waals surface area contributed by atoms with Crippen LogP contribution in [-0.2, 0) is 17.8 Å². The van der Waals surface area contributed by atoms with E-state index in [0.717, 1.165) is 64.4 Å². The average Bonchev–Trinajstić information content (AvgIpc) is 3.11. The number of nitrogens with two attached hydrogens (primary N) is 1. The largest absolute Gasteiger partial charge is 0.369 e. The zero-order valence-electron chi connectivity index (χ0n) is 16.5. The summed E-state index contributed by atoms with van der Waals surface area (Å²) in [4.78, 5) is 21.1. The molecule has 1 aromatic heterocycles. The molecule has 27 heavy (non-hydrogen) atoms. The number of amides is 1. The molecule has 6 nitrogen and oxygen atoms in total. The fourth-order valence-electron chi connectivity index (χ4n) is 3.20. The number of carbonyl (C=O) groups is 1. The van der Waals surface area contributed by atoms with Crippen molar-refractivity contribution in [1.29, 1.82) is 0 Å². The molecule has 0 bridgehead atoms. The quantitative estimate of drug-likeness (QED) is 0.208. The summed E-state index contributed by atoms with van der Waals surface area (Å²) in [5.74, 6) is 0.733. The van der Waals surface area contributed by atoms with Crippen molar-refractivity contribution < 1.29 is 4.79 Å². The van der Waals surface area contributed by atoms with Crippen molar-refractivity contribution in [2.75, 3.05) is 32.7 Å². The van der Waals surface area contributed by atoms with Crippen LogP contribution in [0.25, 0.3) is 0 Å². The summed E-state index contributed by atoms with van der Waals surface area (Å²) < 4.78 is 0. The van der Waals surface area contributed by atoms with E-state index < -0.39 is 0 Å². The molecule has 1 saturated heterocycles. The molecule has 0 aliphatic carbocycles. The monoisotopic (exact) mass is 507 g/mol. The molecule has 1 atom stereocenters. The Balaban J connectivity index is 0.00000364. The van der Waals surface area contributed by atoms with Gasteiger partial charge in [0, 0.05) is 29.4 Å². The van der Waals surface area contributed by atoms with Crippen molar-refractivity contribution in [2.24, 2.45) is 16.6 Å². The molecule has 1 amide bonds. The van der Waals surface area contributed by atoms with Crippen LogP contribution in [0.1, 0.15) is 42.9 Å². The van der Waals surface area contributed by atoms with Crippen LogP contribution in [-0.4, -0.2) is 49.5 Å². The van der Waals surface area contributed by atoms with Gasteiger partial charge in [-0.05, 0) is 57.8 Å². The Kier molecular flexibility index (Phi) is 11.9. The fourth-order valence-corrected chi connectivity index (χ4v) is 4.08. The summed E-state index contributed by atoms with van der Waals surface area (Å²) in [6.07, 6.45) is 4.10. The van der Waals surface area contributed by atoms with Crippen molar-refractivity contribution in [3.05, 3.63) is 21.9 Å². The van der Waals surface area contributed by atoms with E-state index in [4.69, 9.17) is 5.73 Å². The number of nitrogens with one attached hydrogen (secondary N) is 2. The van der Waals surface area contributed by atoms with E-state index in [1.54, 1.807) is 0 Å². The third-order valence-corrected chi connectivity index (χ3v) is 5.87. The molecular weight excluding hydrogens is 473 g/mol. The van der Waals surface area contributed by atoms with E-state index in [-0.39, 0.29) is 35.8 Å². The highest BCUT2D eigenvalue weighted by Crippen LogP contribution is 2.17. The molecular formula is C19H34IN5OS. The number of hydrogen-bond donors (Lipinski definition) is 3. The first-order chi connectivity index (χ1) is 12.6. The van der Waals surface area contributed by atoms with Crippen molar-refractivity contribution in [1.82, 2.24) is 15.5 Å². The van der Waals surface area contributed by atoms with Crippen LogP contribution in [0.4, 0.5) is 0 Å². The second-order valence-electron chi connectivity index (χ2n) is 6.74. The van der Waals surface area contributed by atoms with Gasteiger partial charge in [-0.1, -0.05) is 6.92 Å². The van der Waals surface area contributed by atoms with E-state index >= 15 is 0 Å². The maximum Gasteiger partial charge on any atom is 0.221 e. The summed E-state index contributed by atoms with van der Waals surface area (Å²) in [5, 5.41) is 6.71. The van der Waals surface area contributed by atoms with Crippen molar-refractivity contribution in [3.63, 3.8) is 0 Å². The lowest BCUT2D eigenvalue weighted by molar-refractivity contribution is -0.123. The van der Waals surface area contributed by atoms with Gasteiger partial charge in [0.05, 0.1) is 12.5 Å². The summed E-state index contributed by atoms with van der Waals surface area (Å²) in [6.45, 7) is 9.55. The van der Waals surface area contributed by atoms with Crippen LogP contribution in [0.3, 0.4) is 0 Å². The van der Waals surface area contributed by atoms with Gasteiger partial charge in [0.1, 0.15) is 0 Å². The summed E-state index contributed by atoms with van der Waals surface area (Å²) in [5.41, 5.74) is 5.45. The zero-order chi connectivity index (χ0) is 18.8. The van der Waals surface area contributed by atoms with Crippen molar-refractivity contribution >= 4 is 47.2 Å². The number of guanidine groups is 1. The van der Waals surface area contributed by atoms with Gasteiger partial charge in [-0.15, -0.1) is 35.3 Å². The summed E-state index contributed by atoms with van der Waals surface area (Å²) in [6, 6.07) is 4.36. The molecule has 0 spiro atoms. The molecule has 1 aromatic rings. The minimum absolute atomic E-state index is 0. The van der Waals surface area contributed by atoms with Gasteiger partial charge in [0.25, 0.3) is 0 Å². The number of halogens is 1. The Labute approximate surface area is 184 Å². The highest BCUT2D eigenvalue weighted by atomic mass is 127. The summed E-state index contributed by atoms with van der Waals surface area (Å²) in [7, 11) is 0. The normalized spacial score (nSPS) is 18.0. The molecule has 1 aliphatic rings. The predicted molar refractivity (Wildman–Crippen MR) is 125 cm³/mol. The third kappa shape index (κ3) is 8.78. The van der Waals surface area contributed by atoms with Gasteiger partial charge in [-0.2, -0.15) is 0 Å². The van der Waals surface area contributed by atoms with Crippen LogP contribution >= 0.6 is 35.3 Å². The van der Waals surface area contributed by atoms with E-state index in [1.165, 1.54) is 9.75 Å². The van der Waals surface area contributed by atoms with Crippen LogP contribution in [0, 0.1) is 5.92 Å². The molecule has 1 unspecified atom stereocenters. The summed E-state index contributed by atoms with van der Waals surface area (Å²) >= 11 is 1.84. The first kappa shape index (κ1) is 24.2. The maximum atomic E-state index is 11.4. The van der Waals surface area contributed by atoms with Gasteiger partial charge in [-0.25, -0.2) is 4.99 Å². The lowest BCUT2D eigenvalue weighted by Crippen LogP contribution is -2.43. The second-order valence-corrected chi connectivity index (χ2v) is 7.99. The molecule has 0 saturated carbocycles. The molecule has 4 N–H and O–H groups in total. The predicted octanol–water partition coefficient (Wildman–Crippen LogP) is 2.57. The SMILES string of the molecule is CCNC(=NCc1ccc(CC)s1)NCCCN1CCCC(C(N)=O)C1.I. The Hall–Kier alpha value is -0.870. The van der Waals surface area contributed by atoms with Gasteiger partial charge in [-0.3, -0.25) is 4.79 Å². The Bertz CT molecular complexity index is 592. The standard InChI is InChI=1S/C19H33N5OS.HI/c1-3-16-8-9-17(26-16)13-23-19(21-4-2)22-10-6-12-24-11-5-7-15(14-24)18(20)25;/h8-9,15H,3-7,10-14H2,1-2H3,(H2,20,25)(H2,21,22,23);1H. The lowest BCUT2D eigenvalue weighted by atomic mass is 9.97. The third-order valence-electron chi connectivity index (χ3n) is 4.65. The molecule has 0 radical (unpaired) electrons. The number of aliphatic imine (C=N–C) groups is 1. The van der Waals surface area contributed by atoms with Crippen LogP contribution in [0.5, 0.6) is 0 Å². The maximum absolute atomic E-state index is 11.4. The van der Waals surface area contributed by atoms with E-state index in [1.807, 2.05) is 11.3 Å². The minimum Gasteiger partial charge on any atom is -0.369 e. The first-order valence-corrected chi connectivity index (χ1v) is 10.6. The highest BCUT2D eigenvalue weighted by Gasteiger charge is 2.23. The molecule has 154 valence electrons. The highest BCUT2D eigenvalue weighted by molar-refractivity contribution is 14.0. The van der Waals surface area contributed by atoms with Gasteiger partial charge < -0.3 is 21.3 Å². The number of primary amides is 1. The molecule has 2 heterocycles. The zero-order valence-corrected chi connectivity index (χ0v) is 19.6. The fraction of sp³-hybridized carbons (Fsp3) is 0.684. The number of nitrogens with zero attached hydrogens (tertiary/aromatic N) is 2.